The fraction of sp³-hybridized carbons (Fsp3) is 0.778. The minimum absolute atomic E-state index is 0.238. The third-order valence-corrected chi connectivity index (χ3v) is 3.84. The number of hydrogen-bond acceptors (Lipinski definition) is 5. The molecule has 2 atom stereocenters. The second-order valence-electron chi connectivity index (χ2n) is 7.42. The van der Waals surface area contributed by atoms with E-state index < -0.39 is 6.10 Å². The Morgan fingerprint density at radius 1 is 1.39 bits per heavy atom. The summed E-state index contributed by atoms with van der Waals surface area (Å²) in [5, 5.41) is 10.3. The average molecular weight is 325 g/mol. The van der Waals surface area contributed by atoms with Crippen molar-refractivity contribution >= 4 is 0 Å². The summed E-state index contributed by atoms with van der Waals surface area (Å²) in [5.74, 6) is 1.83. The van der Waals surface area contributed by atoms with Gasteiger partial charge < -0.3 is 19.0 Å². The quantitative estimate of drug-likeness (QED) is 0.796. The maximum atomic E-state index is 10.3. The van der Waals surface area contributed by atoms with Gasteiger partial charge in [-0.2, -0.15) is 0 Å². The summed E-state index contributed by atoms with van der Waals surface area (Å²) < 4.78 is 17.1. The van der Waals surface area contributed by atoms with Gasteiger partial charge in [0.15, 0.2) is 0 Å². The van der Waals surface area contributed by atoms with Crippen LogP contribution in [0.2, 0.25) is 0 Å². The van der Waals surface area contributed by atoms with Crippen LogP contribution in [0.5, 0.6) is 0 Å². The van der Waals surface area contributed by atoms with Crippen LogP contribution in [0.25, 0.3) is 0 Å². The molecule has 0 spiro atoms. The zero-order chi connectivity index (χ0) is 16.9. The molecule has 0 amide bonds. The van der Waals surface area contributed by atoms with E-state index in [9.17, 15) is 5.11 Å². The molecule has 0 bridgehead atoms. The van der Waals surface area contributed by atoms with E-state index in [1.807, 2.05) is 39.8 Å². The maximum absolute atomic E-state index is 10.3. The van der Waals surface area contributed by atoms with Gasteiger partial charge in [-0.3, -0.25) is 4.90 Å². The molecular formula is C18H31NO4. The van der Waals surface area contributed by atoms with Gasteiger partial charge in [-0.25, -0.2) is 0 Å². The summed E-state index contributed by atoms with van der Waals surface area (Å²) in [6, 6.07) is 3.97. The van der Waals surface area contributed by atoms with E-state index in [1.165, 1.54) is 0 Å². The van der Waals surface area contributed by atoms with E-state index >= 15 is 0 Å². The number of ether oxygens (including phenoxy) is 2. The van der Waals surface area contributed by atoms with Gasteiger partial charge >= 0.3 is 0 Å². The van der Waals surface area contributed by atoms with Crippen molar-refractivity contribution in [1.82, 2.24) is 4.90 Å². The molecule has 5 nitrogen and oxygen atoms in total. The Morgan fingerprint density at radius 2 is 2.17 bits per heavy atom. The summed E-state index contributed by atoms with van der Waals surface area (Å²) in [4.78, 5) is 2.20. The molecule has 0 aliphatic carbocycles. The van der Waals surface area contributed by atoms with Gasteiger partial charge in [0.1, 0.15) is 11.5 Å². The van der Waals surface area contributed by atoms with Crippen molar-refractivity contribution in [2.45, 2.75) is 64.9 Å². The minimum Gasteiger partial charge on any atom is -0.465 e. The van der Waals surface area contributed by atoms with Crippen molar-refractivity contribution in [2.24, 2.45) is 0 Å². The van der Waals surface area contributed by atoms with Crippen molar-refractivity contribution in [3.63, 3.8) is 0 Å². The number of aliphatic hydroxyl groups excluding tert-OH is 1. The van der Waals surface area contributed by atoms with Gasteiger partial charge in [0.05, 0.1) is 31.0 Å². The van der Waals surface area contributed by atoms with E-state index in [-0.39, 0.29) is 11.7 Å². The van der Waals surface area contributed by atoms with E-state index in [0.717, 1.165) is 37.5 Å². The second-order valence-corrected chi connectivity index (χ2v) is 7.42. The molecule has 0 unspecified atom stereocenters. The largest absolute Gasteiger partial charge is 0.465 e. The summed E-state index contributed by atoms with van der Waals surface area (Å²) in [6.07, 6.45) is 1.93. The zero-order valence-electron chi connectivity index (χ0n) is 14.9. The van der Waals surface area contributed by atoms with Crippen LogP contribution in [0.15, 0.2) is 16.5 Å². The Morgan fingerprint density at radius 3 is 2.74 bits per heavy atom. The summed E-state index contributed by atoms with van der Waals surface area (Å²) >= 11 is 0. The molecule has 1 aromatic rings. The highest BCUT2D eigenvalue weighted by molar-refractivity contribution is 5.05. The van der Waals surface area contributed by atoms with Crippen molar-refractivity contribution < 1.29 is 19.0 Å². The first-order valence-electron chi connectivity index (χ1n) is 8.53. The third kappa shape index (κ3) is 7.04. The number of furan rings is 1. The Hall–Kier alpha value is -0.880. The first kappa shape index (κ1) is 18.5. The first-order valence-corrected chi connectivity index (χ1v) is 8.53. The van der Waals surface area contributed by atoms with Crippen molar-refractivity contribution in [2.75, 3.05) is 26.3 Å². The van der Waals surface area contributed by atoms with Crippen molar-refractivity contribution in [1.29, 1.82) is 0 Å². The molecular weight excluding hydrogens is 294 g/mol. The second kappa shape index (κ2) is 8.29. The van der Waals surface area contributed by atoms with E-state index in [4.69, 9.17) is 13.9 Å². The SMILES string of the molecule is Cc1ccc(CN(C[C@@H](O)COC(C)(C)C)C[C@H]2CCCO2)o1. The highest BCUT2D eigenvalue weighted by atomic mass is 16.5. The van der Waals surface area contributed by atoms with Crippen LogP contribution >= 0.6 is 0 Å². The lowest BCUT2D eigenvalue weighted by Gasteiger charge is -2.28. The molecule has 0 saturated carbocycles. The molecule has 1 N–H and O–H groups in total. The summed E-state index contributed by atoms with van der Waals surface area (Å²) in [6.45, 7) is 11.2. The van der Waals surface area contributed by atoms with Crippen molar-refractivity contribution in [3.8, 4) is 0 Å². The monoisotopic (exact) mass is 325 g/mol. The average Bonchev–Trinajstić information content (AvgIpc) is 3.08. The van der Waals surface area contributed by atoms with Crippen LogP contribution in [-0.2, 0) is 16.0 Å². The number of hydrogen-bond donors (Lipinski definition) is 1. The lowest BCUT2D eigenvalue weighted by molar-refractivity contribution is -0.0598. The first-order chi connectivity index (χ1) is 10.8. The van der Waals surface area contributed by atoms with Gasteiger partial charge in [0, 0.05) is 19.7 Å². The Labute approximate surface area is 139 Å². The molecule has 5 heteroatoms. The number of rotatable bonds is 8. The van der Waals surface area contributed by atoms with Crippen LogP contribution in [0.1, 0.15) is 45.1 Å². The maximum Gasteiger partial charge on any atom is 0.118 e. The van der Waals surface area contributed by atoms with Crippen LogP contribution < -0.4 is 0 Å². The molecule has 1 aliphatic rings. The van der Waals surface area contributed by atoms with Gasteiger partial charge in [-0.1, -0.05) is 0 Å². The van der Waals surface area contributed by atoms with E-state index in [1.54, 1.807) is 0 Å². The van der Waals surface area contributed by atoms with Crippen molar-refractivity contribution in [3.05, 3.63) is 23.7 Å². The van der Waals surface area contributed by atoms with Crippen LogP contribution in [0.3, 0.4) is 0 Å². The lowest BCUT2D eigenvalue weighted by Crippen LogP contribution is -2.40. The Kier molecular flexibility index (Phi) is 6.65. The van der Waals surface area contributed by atoms with Gasteiger partial charge in [0.25, 0.3) is 0 Å². The molecule has 0 radical (unpaired) electrons. The van der Waals surface area contributed by atoms with E-state index in [0.29, 0.717) is 19.7 Å². The van der Waals surface area contributed by atoms with Gasteiger partial charge in [-0.05, 0) is 52.7 Å². The molecule has 1 saturated heterocycles. The molecule has 1 aliphatic heterocycles. The molecule has 1 aromatic heterocycles. The standard InChI is InChI=1S/C18H31NO4/c1-14-7-8-17(23-14)12-19(11-16-6-5-9-21-16)10-15(20)13-22-18(2,3)4/h7-8,15-16,20H,5-6,9-13H2,1-4H3/t15-,16-/m1/s1. The lowest BCUT2D eigenvalue weighted by atomic mass is 10.2. The summed E-state index contributed by atoms with van der Waals surface area (Å²) in [7, 11) is 0. The topological polar surface area (TPSA) is 55.1 Å². The zero-order valence-corrected chi connectivity index (χ0v) is 14.9. The molecule has 2 rings (SSSR count). The predicted molar refractivity (Wildman–Crippen MR) is 89.4 cm³/mol. The highest BCUT2D eigenvalue weighted by Crippen LogP contribution is 2.17. The van der Waals surface area contributed by atoms with Crippen LogP contribution in [-0.4, -0.2) is 54.1 Å². The molecule has 23 heavy (non-hydrogen) atoms. The van der Waals surface area contributed by atoms with Crippen LogP contribution in [0.4, 0.5) is 0 Å². The fourth-order valence-electron chi connectivity index (χ4n) is 2.77. The highest BCUT2D eigenvalue weighted by Gasteiger charge is 2.23. The predicted octanol–water partition coefficient (Wildman–Crippen LogP) is 2.75. The molecule has 1 fully saturated rings. The summed E-state index contributed by atoms with van der Waals surface area (Å²) in [5.41, 5.74) is -0.238. The number of aliphatic hydroxyl groups is 1. The van der Waals surface area contributed by atoms with Crippen LogP contribution in [0, 0.1) is 6.92 Å². The van der Waals surface area contributed by atoms with Gasteiger partial charge in [-0.15, -0.1) is 0 Å². The van der Waals surface area contributed by atoms with Gasteiger partial charge in [0.2, 0.25) is 0 Å². The Balaban J connectivity index is 1.89. The van der Waals surface area contributed by atoms with E-state index in [2.05, 4.69) is 4.90 Å². The fourth-order valence-corrected chi connectivity index (χ4v) is 2.77. The molecule has 132 valence electrons. The third-order valence-electron chi connectivity index (χ3n) is 3.84. The minimum atomic E-state index is -0.522. The molecule has 0 aromatic carbocycles. The number of nitrogens with zero attached hydrogens (tertiary/aromatic N) is 1. The Bertz CT molecular complexity index is 460. The number of aryl methyl sites for hydroxylation is 1. The smallest absolute Gasteiger partial charge is 0.118 e. The normalized spacial score (nSPS) is 20.3. The molecule has 2 heterocycles.